The lowest BCUT2D eigenvalue weighted by molar-refractivity contribution is -0.119. The van der Waals surface area contributed by atoms with Gasteiger partial charge in [-0.25, -0.2) is 8.42 Å². The lowest BCUT2D eigenvalue weighted by Crippen LogP contribution is -2.37. The Morgan fingerprint density at radius 3 is 2.07 bits per heavy atom. The van der Waals surface area contributed by atoms with Crippen LogP contribution in [0.2, 0.25) is 0 Å². The topological polar surface area (TPSA) is 75.7 Å². The van der Waals surface area contributed by atoms with Gasteiger partial charge in [0.1, 0.15) is 12.3 Å². The maximum Gasteiger partial charge on any atom is 0.240 e. The fraction of sp³-hybridized carbons (Fsp3) is 0.136. The van der Waals surface area contributed by atoms with Crippen molar-refractivity contribution < 1.29 is 17.9 Å². The van der Waals surface area contributed by atoms with E-state index in [-0.39, 0.29) is 22.2 Å². The molecule has 1 N–H and O–H groups in total. The smallest absolute Gasteiger partial charge is 0.240 e. The number of hydrogen-bond donors (Lipinski definition) is 1. The summed E-state index contributed by atoms with van der Waals surface area (Å²) in [5.74, 6) is 0.479. The minimum absolute atomic E-state index is 0.00129. The van der Waals surface area contributed by atoms with Crippen LogP contribution in [0.4, 0.5) is 11.4 Å². The van der Waals surface area contributed by atoms with Crippen LogP contribution in [0, 0.1) is 0 Å². The highest BCUT2D eigenvalue weighted by Crippen LogP contribution is 2.43. The number of methoxy groups -OCH3 is 1. The summed E-state index contributed by atoms with van der Waals surface area (Å²) < 4.78 is 31.2. The zero-order valence-corrected chi connectivity index (χ0v) is 16.6. The fourth-order valence-corrected chi connectivity index (χ4v) is 5.14. The van der Waals surface area contributed by atoms with Crippen molar-refractivity contribution in [3.8, 4) is 5.75 Å². The second kappa shape index (κ2) is 7.60. The second-order valence-corrected chi connectivity index (χ2v) is 8.50. The molecule has 4 rings (SSSR count). The van der Waals surface area contributed by atoms with Crippen LogP contribution >= 0.6 is 0 Å². The molecule has 3 aromatic rings. The number of rotatable bonds is 5. The molecule has 1 aliphatic rings. The Kier molecular flexibility index (Phi) is 4.98. The summed E-state index contributed by atoms with van der Waals surface area (Å²) >= 11 is 0. The first kappa shape index (κ1) is 19.0. The molecule has 0 radical (unpaired) electrons. The SMILES string of the molecule is COc1ccccc1CNC(=O)CN1c2ccccc2S(=O)(=O)c2ccccc21. The third kappa shape index (κ3) is 3.45. The molecule has 29 heavy (non-hydrogen) atoms. The van der Waals surface area contributed by atoms with Crippen LogP contribution in [-0.4, -0.2) is 28.0 Å². The Balaban J connectivity index is 1.61. The normalized spacial score (nSPS) is 13.9. The molecular weight excluding hydrogens is 388 g/mol. The molecule has 0 saturated heterocycles. The first-order valence-corrected chi connectivity index (χ1v) is 10.6. The van der Waals surface area contributed by atoms with Gasteiger partial charge in [0.25, 0.3) is 0 Å². The summed E-state index contributed by atoms with van der Waals surface area (Å²) in [6, 6.07) is 20.9. The summed E-state index contributed by atoms with van der Waals surface area (Å²) in [6.45, 7) is 0.316. The molecule has 3 aromatic carbocycles. The van der Waals surface area contributed by atoms with Gasteiger partial charge >= 0.3 is 0 Å². The summed E-state index contributed by atoms with van der Waals surface area (Å²) in [5, 5.41) is 2.89. The molecule has 0 spiro atoms. The van der Waals surface area contributed by atoms with E-state index < -0.39 is 9.84 Å². The highest BCUT2D eigenvalue weighted by molar-refractivity contribution is 7.92. The molecule has 0 aliphatic carbocycles. The zero-order chi connectivity index (χ0) is 20.4. The van der Waals surface area contributed by atoms with Gasteiger partial charge in [0, 0.05) is 12.1 Å². The van der Waals surface area contributed by atoms with Crippen LogP contribution < -0.4 is 15.0 Å². The largest absolute Gasteiger partial charge is 0.496 e. The minimum atomic E-state index is -3.62. The van der Waals surface area contributed by atoms with Crippen molar-refractivity contribution in [1.29, 1.82) is 0 Å². The van der Waals surface area contributed by atoms with Gasteiger partial charge in [-0.2, -0.15) is 0 Å². The number of hydrogen-bond acceptors (Lipinski definition) is 5. The van der Waals surface area contributed by atoms with E-state index in [1.807, 2.05) is 24.3 Å². The molecule has 0 atom stereocenters. The number of anilines is 2. The third-order valence-electron chi connectivity index (χ3n) is 4.86. The molecule has 0 aromatic heterocycles. The molecule has 0 unspecified atom stereocenters. The van der Waals surface area contributed by atoms with Crippen LogP contribution in [0.15, 0.2) is 82.6 Å². The molecule has 7 heteroatoms. The van der Waals surface area contributed by atoms with E-state index >= 15 is 0 Å². The lowest BCUT2D eigenvalue weighted by atomic mass is 10.2. The van der Waals surface area contributed by atoms with Crippen molar-refractivity contribution in [3.05, 3.63) is 78.4 Å². The van der Waals surface area contributed by atoms with Gasteiger partial charge in [-0.3, -0.25) is 4.79 Å². The van der Waals surface area contributed by atoms with E-state index in [0.29, 0.717) is 23.7 Å². The maximum atomic E-state index is 13.0. The number of carbonyl (C=O) groups is 1. The van der Waals surface area contributed by atoms with Crippen LogP contribution in [0.1, 0.15) is 5.56 Å². The number of ether oxygens (including phenoxy) is 1. The number of nitrogens with zero attached hydrogens (tertiary/aromatic N) is 1. The molecule has 0 fully saturated rings. The second-order valence-electron chi connectivity index (χ2n) is 6.61. The first-order chi connectivity index (χ1) is 14.0. The standard InChI is InChI=1S/C22H20N2O4S/c1-28-19-11-5-2-8-16(19)14-23-22(25)15-24-17-9-3-6-12-20(17)29(26,27)21-13-7-4-10-18(21)24/h2-13H,14-15H2,1H3,(H,23,25). The van der Waals surface area contributed by atoms with Crippen LogP contribution in [0.3, 0.4) is 0 Å². The Labute approximate surface area is 169 Å². The van der Waals surface area contributed by atoms with Gasteiger partial charge in [0.05, 0.1) is 28.3 Å². The van der Waals surface area contributed by atoms with Gasteiger partial charge < -0.3 is 15.0 Å². The fourth-order valence-electron chi connectivity index (χ4n) is 3.48. The summed E-state index contributed by atoms with van der Waals surface area (Å²) in [6.07, 6.45) is 0. The number of nitrogens with one attached hydrogen (secondary N) is 1. The number of para-hydroxylation sites is 3. The monoisotopic (exact) mass is 408 g/mol. The Morgan fingerprint density at radius 2 is 1.45 bits per heavy atom. The predicted molar refractivity (Wildman–Crippen MR) is 110 cm³/mol. The van der Waals surface area contributed by atoms with Crippen molar-refractivity contribution >= 4 is 27.1 Å². The number of carbonyl (C=O) groups excluding carboxylic acids is 1. The predicted octanol–water partition coefficient (Wildman–Crippen LogP) is 3.30. The molecule has 1 aliphatic heterocycles. The Morgan fingerprint density at radius 1 is 0.897 bits per heavy atom. The highest BCUT2D eigenvalue weighted by atomic mass is 32.2. The Hall–Kier alpha value is -3.32. The van der Waals surface area contributed by atoms with E-state index in [9.17, 15) is 13.2 Å². The van der Waals surface area contributed by atoms with Gasteiger partial charge in [-0.15, -0.1) is 0 Å². The van der Waals surface area contributed by atoms with Crippen molar-refractivity contribution in [2.75, 3.05) is 18.6 Å². The van der Waals surface area contributed by atoms with Gasteiger partial charge in [-0.05, 0) is 30.3 Å². The van der Waals surface area contributed by atoms with Crippen molar-refractivity contribution in [2.24, 2.45) is 0 Å². The zero-order valence-electron chi connectivity index (χ0n) is 15.8. The van der Waals surface area contributed by atoms with Crippen molar-refractivity contribution in [3.63, 3.8) is 0 Å². The molecule has 1 heterocycles. The Bertz CT molecular complexity index is 1120. The van der Waals surface area contributed by atoms with E-state index in [2.05, 4.69) is 5.32 Å². The highest BCUT2D eigenvalue weighted by Gasteiger charge is 2.34. The number of sulfone groups is 1. The number of benzene rings is 3. The molecule has 148 valence electrons. The van der Waals surface area contributed by atoms with Crippen molar-refractivity contribution in [2.45, 2.75) is 16.3 Å². The van der Waals surface area contributed by atoms with Crippen LogP contribution in [-0.2, 0) is 21.2 Å². The molecule has 0 saturated carbocycles. The summed E-state index contributed by atoms with van der Waals surface area (Å²) in [7, 11) is -2.04. The summed E-state index contributed by atoms with van der Waals surface area (Å²) in [5.41, 5.74) is 1.86. The molecule has 1 amide bonds. The molecule has 6 nitrogen and oxygen atoms in total. The van der Waals surface area contributed by atoms with Gasteiger partial charge in [0.15, 0.2) is 0 Å². The van der Waals surface area contributed by atoms with Gasteiger partial charge in [-0.1, -0.05) is 42.5 Å². The van der Waals surface area contributed by atoms with E-state index in [1.54, 1.807) is 60.5 Å². The number of fused-ring (bicyclic) bond motifs is 2. The molecular formula is C22H20N2O4S. The van der Waals surface area contributed by atoms with Crippen molar-refractivity contribution in [1.82, 2.24) is 5.32 Å². The molecule has 0 bridgehead atoms. The maximum absolute atomic E-state index is 13.0. The van der Waals surface area contributed by atoms with Crippen LogP contribution in [0.25, 0.3) is 0 Å². The summed E-state index contributed by atoms with van der Waals surface area (Å²) in [4.78, 5) is 14.9. The average Bonchev–Trinajstić information content (AvgIpc) is 2.75. The van der Waals surface area contributed by atoms with E-state index in [1.165, 1.54) is 0 Å². The number of amides is 1. The van der Waals surface area contributed by atoms with Crippen LogP contribution in [0.5, 0.6) is 5.75 Å². The van der Waals surface area contributed by atoms with E-state index in [0.717, 1.165) is 5.56 Å². The first-order valence-electron chi connectivity index (χ1n) is 9.11. The quantitative estimate of drug-likeness (QED) is 0.701. The van der Waals surface area contributed by atoms with Gasteiger partial charge in [0.2, 0.25) is 15.7 Å². The third-order valence-corrected chi connectivity index (χ3v) is 6.71. The average molecular weight is 408 g/mol. The lowest BCUT2D eigenvalue weighted by Gasteiger charge is -2.32. The van der Waals surface area contributed by atoms with E-state index in [4.69, 9.17) is 4.74 Å². The minimum Gasteiger partial charge on any atom is -0.496 e.